The van der Waals surface area contributed by atoms with E-state index in [2.05, 4.69) is 54.0 Å². The number of anilines is 1. The lowest BCUT2D eigenvalue weighted by Crippen LogP contribution is -2.30. The molecule has 152 valence electrons. The molecule has 4 heteroatoms. The molecule has 1 aliphatic heterocycles. The van der Waals surface area contributed by atoms with Gasteiger partial charge in [0.05, 0.1) is 6.04 Å². The minimum atomic E-state index is -0.400. The Morgan fingerprint density at radius 2 is 1.50 bits per heavy atom. The molecule has 1 amide bonds. The van der Waals surface area contributed by atoms with E-state index in [0.717, 1.165) is 26.9 Å². The first-order chi connectivity index (χ1) is 14.4. The van der Waals surface area contributed by atoms with Gasteiger partial charge in [-0.2, -0.15) is 0 Å². The van der Waals surface area contributed by atoms with Crippen LogP contribution >= 0.6 is 15.9 Å². The molecule has 1 unspecified atom stereocenters. The third kappa shape index (κ3) is 3.68. The first kappa shape index (κ1) is 20.4. The number of benzene rings is 3. The summed E-state index contributed by atoms with van der Waals surface area (Å²) < 4.78 is 0.937. The molecule has 1 N–H and O–H groups in total. The Morgan fingerprint density at radius 1 is 0.900 bits per heavy atom. The number of aliphatic hydroxyl groups excluding tert-OH is 1. The van der Waals surface area contributed by atoms with Gasteiger partial charge in [-0.15, -0.1) is 0 Å². The van der Waals surface area contributed by atoms with Crippen molar-refractivity contribution in [3.05, 3.63) is 105 Å². The van der Waals surface area contributed by atoms with Gasteiger partial charge in [0, 0.05) is 15.7 Å². The highest BCUT2D eigenvalue weighted by atomic mass is 79.9. The van der Waals surface area contributed by atoms with Crippen LogP contribution in [0.5, 0.6) is 0 Å². The zero-order valence-corrected chi connectivity index (χ0v) is 18.8. The van der Waals surface area contributed by atoms with Crippen molar-refractivity contribution in [3.63, 3.8) is 0 Å². The van der Waals surface area contributed by atoms with E-state index in [1.165, 1.54) is 5.56 Å². The molecule has 0 bridgehead atoms. The van der Waals surface area contributed by atoms with Gasteiger partial charge in [0.1, 0.15) is 0 Å². The number of nitrogens with zero attached hydrogens (tertiary/aromatic N) is 1. The van der Waals surface area contributed by atoms with Crippen molar-refractivity contribution in [3.8, 4) is 0 Å². The maximum atomic E-state index is 13.2. The highest BCUT2D eigenvalue weighted by Gasteiger charge is 2.41. The fourth-order valence-corrected chi connectivity index (χ4v) is 4.14. The van der Waals surface area contributed by atoms with Crippen LogP contribution in [-0.4, -0.2) is 11.0 Å². The van der Waals surface area contributed by atoms with E-state index in [1.54, 1.807) is 4.90 Å². The second-order valence-electron chi connectivity index (χ2n) is 8.00. The number of rotatable bonds is 4. The third-order valence-electron chi connectivity index (χ3n) is 5.59. The van der Waals surface area contributed by atoms with Crippen molar-refractivity contribution >= 4 is 33.1 Å². The molecule has 4 rings (SSSR count). The lowest BCUT2D eigenvalue weighted by Gasteiger charge is -2.28. The quantitative estimate of drug-likeness (QED) is 0.456. The standard InChI is InChI=1S/C26H24BrNO2/c1-16(2)18-8-10-20(11-9-18)24-23(19-6-4-17(3)5-7-19)25(29)26(30)28(24)22-14-12-21(27)13-15-22/h4-16,24,29H,1-3H3. The van der Waals surface area contributed by atoms with Gasteiger partial charge >= 0.3 is 0 Å². The van der Waals surface area contributed by atoms with Gasteiger partial charge in [0.2, 0.25) is 0 Å². The van der Waals surface area contributed by atoms with E-state index in [1.807, 2.05) is 55.5 Å². The molecule has 1 aliphatic rings. The number of aliphatic hydroxyl groups is 1. The first-order valence-corrected chi connectivity index (χ1v) is 10.8. The largest absolute Gasteiger partial charge is 0.503 e. The lowest BCUT2D eigenvalue weighted by atomic mass is 9.91. The molecule has 0 saturated carbocycles. The van der Waals surface area contributed by atoms with Gasteiger partial charge < -0.3 is 5.11 Å². The molecular weight excluding hydrogens is 438 g/mol. The average molecular weight is 462 g/mol. The van der Waals surface area contributed by atoms with Crippen LogP contribution in [0.25, 0.3) is 5.57 Å². The summed E-state index contributed by atoms with van der Waals surface area (Å²) in [4.78, 5) is 14.9. The number of aryl methyl sites for hydroxylation is 1. The topological polar surface area (TPSA) is 40.5 Å². The van der Waals surface area contributed by atoms with E-state index in [9.17, 15) is 9.90 Å². The van der Waals surface area contributed by atoms with Crippen LogP contribution in [0.3, 0.4) is 0 Å². The molecule has 0 aliphatic carbocycles. The Balaban J connectivity index is 1.87. The summed E-state index contributed by atoms with van der Waals surface area (Å²) in [5.41, 5.74) is 5.57. The summed E-state index contributed by atoms with van der Waals surface area (Å²) in [7, 11) is 0. The summed E-state index contributed by atoms with van der Waals surface area (Å²) >= 11 is 3.45. The van der Waals surface area contributed by atoms with Crippen LogP contribution in [0.1, 0.15) is 48.1 Å². The molecule has 0 radical (unpaired) electrons. The Bertz CT molecular complexity index is 1100. The van der Waals surface area contributed by atoms with E-state index in [4.69, 9.17) is 0 Å². The molecule has 3 nitrogen and oxygen atoms in total. The summed E-state index contributed by atoms with van der Waals surface area (Å²) in [5.74, 6) is -0.155. The van der Waals surface area contributed by atoms with E-state index in [0.29, 0.717) is 11.5 Å². The smallest absolute Gasteiger partial charge is 0.294 e. The van der Waals surface area contributed by atoms with Crippen LogP contribution in [0.4, 0.5) is 5.69 Å². The minimum Gasteiger partial charge on any atom is -0.503 e. The van der Waals surface area contributed by atoms with Gasteiger partial charge in [-0.1, -0.05) is 83.9 Å². The predicted octanol–water partition coefficient (Wildman–Crippen LogP) is 6.94. The van der Waals surface area contributed by atoms with Crippen molar-refractivity contribution in [1.29, 1.82) is 0 Å². The zero-order chi connectivity index (χ0) is 21.4. The van der Waals surface area contributed by atoms with Crippen molar-refractivity contribution in [1.82, 2.24) is 0 Å². The predicted molar refractivity (Wildman–Crippen MR) is 126 cm³/mol. The Kier molecular flexibility index (Phi) is 5.52. The van der Waals surface area contributed by atoms with E-state index < -0.39 is 6.04 Å². The number of carbonyl (C=O) groups is 1. The molecule has 0 saturated heterocycles. The number of halogens is 1. The molecule has 3 aromatic rings. The van der Waals surface area contributed by atoms with Gasteiger partial charge in [0.25, 0.3) is 5.91 Å². The SMILES string of the molecule is Cc1ccc(C2=C(O)C(=O)N(c3ccc(Br)cc3)C2c2ccc(C(C)C)cc2)cc1. The number of carbonyl (C=O) groups excluding carboxylic acids is 1. The molecular formula is C26H24BrNO2. The molecule has 3 aromatic carbocycles. The van der Waals surface area contributed by atoms with Crippen LogP contribution in [0, 0.1) is 6.92 Å². The summed E-state index contributed by atoms with van der Waals surface area (Å²) in [6.07, 6.45) is 0. The highest BCUT2D eigenvalue weighted by molar-refractivity contribution is 9.10. The number of hydrogen-bond acceptors (Lipinski definition) is 2. The maximum absolute atomic E-state index is 13.2. The van der Waals surface area contributed by atoms with Gasteiger partial charge in [-0.05, 0) is 53.8 Å². The maximum Gasteiger partial charge on any atom is 0.294 e. The first-order valence-electron chi connectivity index (χ1n) is 10.1. The minimum absolute atomic E-state index is 0.195. The van der Waals surface area contributed by atoms with Crippen LogP contribution in [-0.2, 0) is 4.79 Å². The number of hydrogen-bond donors (Lipinski definition) is 1. The average Bonchev–Trinajstić information content (AvgIpc) is 3.00. The van der Waals surface area contributed by atoms with E-state index >= 15 is 0 Å². The van der Waals surface area contributed by atoms with Crippen molar-refractivity contribution < 1.29 is 9.90 Å². The summed E-state index contributed by atoms with van der Waals surface area (Å²) in [5, 5.41) is 10.9. The van der Waals surface area contributed by atoms with Crippen molar-refractivity contribution in [2.45, 2.75) is 32.7 Å². The van der Waals surface area contributed by atoms with Crippen LogP contribution in [0.2, 0.25) is 0 Å². The van der Waals surface area contributed by atoms with Crippen molar-refractivity contribution in [2.75, 3.05) is 4.90 Å². The zero-order valence-electron chi connectivity index (χ0n) is 17.3. The second-order valence-corrected chi connectivity index (χ2v) is 8.92. The Morgan fingerprint density at radius 3 is 2.07 bits per heavy atom. The van der Waals surface area contributed by atoms with Crippen molar-refractivity contribution in [2.24, 2.45) is 0 Å². The molecule has 30 heavy (non-hydrogen) atoms. The summed E-state index contributed by atoms with van der Waals surface area (Å²) in [6.45, 7) is 6.34. The molecule has 1 heterocycles. The number of amides is 1. The Hall–Kier alpha value is -2.85. The fraction of sp³-hybridized carbons (Fsp3) is 0.192. The molecule has 0 spiro atoms. The highest BCUT2D eigenvalue weighted by Crippen LogP contribution is 2.45. The summed E-state index contributed by atoms with van der Waals surface area (Å²) in [6, 6.07) is 23.5. The normalized spacial score (nSPS) is 16.6. The van der Waals surface area contributed by atoms with Gasteiger partial charge in [-0.3, -0.25) is 9.69 Å². The van der Waals surface area contributed by atoms with Gasteiger partial charge in [-0.25, -0.2) is 0 Å². The van der Waals surface area contributed by atoms with E-state index in [-0.39, 0.29) is 11.7 Å². The van der Waals surface area contributed by atoms with Gasteiger partial charge in [0.15, 0.2) is 5.76 Å². The molecule has 0 aromatic heterocycles. The third-order valence-corrected chi connectivity index (χ3v) is 6.12. The van der Waals surface area contributed by atoms with Crippen LogP contribution < -0.4 is 4.90 Å². The lowest BCUT2D eigenvalue weighted by molar-refractivity contribution is -0.117. The fourth-order valence-electron chi connectivity index (χ4n) is 3.88. The second kappa shape index (κ2) is 8.11. The molecule has 1 atom stereocenters. The van der Waals surface area contributed by atoms with Crippen LogP contribution in [0.15, 0.2) is 83.0 Å². The molecule has 0 fully saturated rings. The Labute approximate surface area is 185 Å². The monoisotopic (exact) mass is 461 g/mol.